The average molecular weight is 282 g/mol. The number of pyridine rings is 1. The van der Waals surface area contributed by atoms with E-state index in [0.717, 1.165) is 0 Å². The van der Waals surface area contributed by atoms with Gasteiger partial charge in [0.1, 0.15) is 0 Å². The third-order valence-electron chi connectivity index (χ3n) is 2.83. The summed E-state index contributed by atoms with van der Waals surface area (Å²) in [6.45, 7) is 4.15. The van der Waals surface area contributed by atoms with Crippen LogP contribution in [0.4, 0.5) is 5.95 Å². The van der Waals surface area contributed by atoms with E-state index in [2.05, 4.69) is 20.7 Å². The molecular weight excluding hydrogens is 266 g/mol. The molecule has 6 nitrogen and oxygen atoms in total. The summed E-state index contributed by atoms with van der Waals surface area (Å²) in [5.41, 5.74) is 0.161. The molecule has 1 amide bonds. The summed E-state index contributed by atoms with van der Waals surface area (Å²) < 4.78 is 1.59. The van der Waals surface area contributed by atoms with Crippen LogP contribution in [0.5, 0.6) is 0 Å². The van der Waals surface area contributed by atoms with Gasteiger partial charge in [-0.1, -0.05) is 11.6 Å². The van der Waals surface area contributed by atoms with Gasteiger partial charge in [-0.3, -0.25) is 4.79 Å². The second-order valence-electron chi connectivity index (χ2n) is 4.90. The van der Waals surface area contributed by atoms with E-state index in [-0.39, 0.29) is 5.91 Å². The fourth-order valence-corrected chi connectivity index (χ4v) is 1.81. The van der Waals surface area contributed by atoms with Crippen molar-refractivity contribution in [2.75, 3.05) is 18.9 Å². The number of fused-ring (bicyclic) bond motifs is 1. The molecule has 2 N–H and O–H groups in total. The Morgan fingerprint density at radius 1 is 1.47 bits per heavy atom. The number of hydrogen-bond donors (Lipinski definition) is 2. The minimum absolute atomic E-state index is 0.0354. The van der Waals surface area contributed by atoms with Crippen LogP contribution in [0.2, 0.25) is 5.02 Å². The van der Waals surface area contributed by atoms with Gasteiger partial charge in [0.05, 0.1) is 10.4 Å². The van der Waals surface area contributed by atoms with E-state index in [0.29, 0.717) is 23.2 Å². The molecule has 0 aromatic carbocycles. The number of hydrogen-bond acceptors (Lipinski definition) is 4. The Bertz CT molecular complexity index is 607. The van der Waals surface area contributed by atoms with Crippen molar-refractivity contribution in [1.82, 2.24) is 19.9 Å². The lowest BCUT2D eigenvalue weighted by molar-refractivity contribution is -0.128. The third-order valence-corrected chi connectivity index (χ3v) is 3.05. The molecule has 2 aromatic rings. The SMILES string of the molecule is CNC(=O)C(C)(C)CNc1nc2ccc(Cl)cn2n1. The van der Waals surface area contributed by atoms with Crippen molar-refractivity contribution in [2.45, 2.75) is 13.8 Å². The molecule has 2 rings (SSSR count). The molecular formula is C12H16ClN5O. The fraction of sp³-hybridized carbons (Fsp3) is 0.417. The van der Waals surface area contributed by atoms with Gasteiger partial charge in [-0.05, 0) is 26.0 Å². The largest absolute Gasteiger partial charge is 0.359 e. The van der Waals surface area contributed by atoms with Gasteiger partial charge in [-0.2, -0.15) is 4.98 Å². The molecule has 0 saturated heterocycles. The zero-order chi connectivity index (χ0) is 14.0. The molecule has 0 aliphatic heterocycles. The summed E-state index contributed by atoms with van der Waals surface area (Å²) in [5.74, 6) is 0.436. The molecule has 0 bridgehead atoms. The second-order valence-corrected chi connectivity index (χ2v) is 5.34. The topological polar surface area (TPSA) is 71.3 Å². The van der Waals surface area contributed by atoms with Crippen molar-refractivity contribution in [3.05, 3.63) is 23.4 Å². The number of carbonyl (C=O) groups excluding carboxylic acids is 1. The molecule has 0 atom stereocenters. The first kappa shape index (κ1) is 13.6. The number of aromatic nitrogens is 3. The van der Waals surface area contributed by atoms with Gasteiger partial charge in [-0.15, -0.1) is 5.10 Å². The first-order valence-corrected chi connectivity index (χ1v) is 6.28. The Hall–Kier alpha value is -1.82. The highest BCUT2D eigenvalue weighted by molar-refractivity contribution is 6.30. The summed E-state index contributed by atoms with van der Waals surface area (Å²) in [4.78, 5) is 15.9. The number of carbonyl (C=O) groups is 1. The van der Waals surface area contributed by atoms with Gasteiger partial charge in [0.2, 0.25) is 11.9 Å². The van der Waals surface area contributed by atoms with E-state index in [1.54, 1.807) is 29.9 Å². The zero-order valence-electron chi connectivity index (χ0n) is 11.1. The minimum Gasteiger partial charge on any atom is -0.359 e. The Balaban J connectivity index is 2.12. The number of anilines is 1. The summed E-state index contributed by atoms with van der Waals surface area (Å²) in [5, 5.41) is 10.5. The van der Waals surface area contributed by atoms with Crippen LogP contribution in [0, 0.1) is 5.41 Å². The maximum Gasteiger partial charge on any atom is 0.243 e. The second kappa shape index (κ2) is 5.05. The number of amides is 1. The number of nitrogens with one attached hydrogen (secondary N) is 2. The molecule has 7 heteroatoms. The minimum atomic E-state index is -0.538. The predicted octanol–water partition coefficient (Wildman–Crippen LogP) is 1.57. The maximum atomic E-state index is 11.7. The standard InChI is InChI=1S/C12H16ClN5O/c1-12(2,10(19)14-3)7-15-11-16-9-5-4-8(13)6-18(9)17-11/h4-6H,7H2,1-3H3,(H,14,19)(H,15,17). The number of nitrogens with zero attached hydrogens (tertiary/aromatic N) is 3. The quantitative estimate of drug-likeness (QED) is 0.892. The molecule has 102 valence electrons. The molecule has 0 aliphatic rings. The summed E-state index contributed by atoms with van der Waals surface area (Å²) >= 11 is 5.88. The molecule has 19 heavy (non-hydrogen) atoms. The Morgan fingerprint density at radius 2 is 2.21 bits per heavy atom. The third kappa shape index (κ3) is 2.96. The monoisotopic (exact) mass is 281 g/mol. The lowest BCUT2D eigenvalue weighted by Crippen LogP contribution is -2.39. The molecule has 0 fully saturated rings. The van der Waals surface area contributed by atoms with E-state index in [4.69, 9.17) is 11.6 Å². The van der Waals surface area contributed by atoms with Gasteiger partial charge in [0, 0.05) is 19.8 Å². The van der Waals surface area contributed by atoms with E-state index in [1.807, 2.05) is 13.8 Å². The van der Waals surface area contributed by atoms with E-state index >= 15 is 0 Å². The van der Waals surface area contributed by atoms with Crippen LogP contribution in [0.3, 0.4) is 0 Å². The molecule has 0 spiro atoms. The molecule has 2 heterocycles. The van der Waals surface area contributed by atoms with Crippen LogP contribution in [0.15, 0.2) is 18.3 Å². The first-order valence-electron chi connectivity index (χ1n) is 5.90. The molecule has 0 aliphatic carbocycles. The van der Waals surface area contributed by atoms with Crippen molar-refractivity contribution in [2.24, 2.45) is 5.41 Å². The van der Waals surface area contributed by atoms with Crippen molar-refractivity contribution in [1.29, 1.82) is 0 Å². The van der Waals surface area contributed by atoms with E-state index in [1.165, 1.54) is 0 Å². The molecule has 2 aromatic heterocycles. The lowest BCUT2D eigenvalue weighted by Gasteiger charge is -2.22. The highest BCUT2D eigenvalue weighted by Gasteiger charge is 2.26. The average Bonchev–Trinajstić information content (AvgIpc) is 2.77. The Labute approximate surface area is 116 Å². The van der Waals surface area contributed by atoms with Gasteiger partial charge in [-0.25, -0.2) is 4.52 Å². The van der Waals surface area contributed by atoms with Gasteiger partial charge >= 0.3 is 0 Å². The predicted molar refractivity (Wildman–Crippen MR) is 74.3 cm³/mol. The Morgan fingerprint density at radius 3 is 2.89 bits per heavy atom. The molecule has 0 saturated carbocycles. The van der Waals surface area contributed by atoms with E-state index in [9.17, 15) is 4.79 Å². The van der Waals surface area contributed by atoms with Crippen LogP contribution in [-0.4, -0.2) is 34.1 Å². The summed E-state index contributed by atoms with van der Waals surface area (Å²) in [6, 6.07) is 3.54. The normalized spacial score (nSPS) is 11.6. The highest BCUT2D eigenvalue weighted by atomic mass is 35.5. The lowest BCUT2D eigenvalue weighted by atomic mass is 9.92. The summed E-state index contributed by atoms with van der Waals surface area (Å²) in [7, 11) is 1.62. The van der Waals surface area contributed by atoms with Crippen molar-refractivity contribution in [3.8, 4) is 0 Å². The molecule has 0 radical (unpaired) electrons. The maximum absolute atomic E-state index is 11.7. The smallest absolute Gasteiger partial charge is 0.243 e. The number of rotatable bonds is 4. The van der Waals surface area contributed by atoms with Crippen LogP contribution >= 0.6 is 11.6 Å². The van der Waals surface area contributed by atoms with Crippen molar-refractivity contribution < 1.29 is 4.79 Å². The van der Waals surface area contributed by atoms with Crippen LogP contribution in [0.25, 0.3) is 5.65 Å². The summed E-state index contributed by atoms with van der Waals surface area (Å²) in [6.07, 6.45) is 1.68. The first-order chi connectivity index (χ1) is 8.92. The number of halogens is 1. The Kier molecular flexibility index (Phi) is 3.61. The zero-order valence-corrected chi connectivity index (χ0v) is 11.8. The highest BCUT2D eigenvalue weighted by Crippen LogP contribution is 2.16. The van der Waals surface area contributed by atoms with Gasteiger partial charge in [0.15, 0.2) is 5.65 Å². The van der Waals surface area contributed by atoms with Crippen molar-refractivity contribution in [3.63, 3.8) is 0 Å². The van der Waals surface area contributed by atoms with Crippen LogP contribution in [0.1, 0.15) is 13.8 Å². The fourth-order valence-electron chi connectivity index (χ4n) is 1.65. The van der Waals surface area contributed by atoms with Crippen LogP contribution in [-0.2, 0) is 4.79 Å². The van der Waals surface area contributed by atoms with Crippen molar-refractivity contribution >= 4 is 29.1 Å². The van der Waals surface area contributed by atoms with Gasteiger partial charge < -0.3 is 10.6 Å². The van der Waals surface area contributed by atoms with Gasteiger partial charge in [0.25, 0.3) is 0 Å². The van der Waals surface area contributed by atoms with Crippen LogP contribution < -0.4 is 10.6 Å². The van der Waals surface area contributed by atoms with E-state index < -0.39 is 5.41 Å². The molecule has 0 unspecified atom stereocenters.